The van der Waals surface area contributed by atoms with Crippen LogP contribution in [0.1, 0.15) is 36.5 Å². The van der Waals surface area contributed by atoms with Gasteiger partial charge in [-0.2, -0.15) is 0 Å². The van der Waals surface area contributed by atoms with Crippen LogP contribution in [0.25, 0.3) is 11.0 Å². The first kappa shape index (κ1) is 20.4. The molecule has 0 aliphatic carbocycles. The second-order valence-corrected chi connectivity index (χ2v) is 6.80. The maximum absolute atomic E-state index is 12.0. The van der Waals surface area contributed by atoms with Crippen molar-refractivity contribution in [3.05, 3.63) is 73.6 Å². The van der Waals surface area contributed by atoms with Crippen LogP contribution in [-0.4, -0.2) is 12.0 Å². The van der Waals surface area contributed by atoms with Crippen LogP contribution in [0.5, 0.6) is 11.5 Å². The molecule has 7 nitrogen and oxygen atoms in total. The van der Waals surface area contributed by atoms with Gasteiger partial charge in [0, 0.05) is 34.7 Å². The quantitative estimate of drug-likeness (QED) is 0.304. The number of aryl methyl sites for hydroxylation is 2. The summed E-state index contributed by atoms with van der Waals surface area (Å²) in [7, 11) is 1.50. The molecule has 0 saturated carbocycles. The van der Waals surface area contributed by atoms with Gasteiger partial charge in [0.25, 0.3) is 5.69 Å². The van der Waals surface area contributed by atoms with Gasteiger partial charge < -0.3 is 13.9 Å². The van der Waals surface area contributed by atoms with Crippen molar-refractivity contribution in [1.29, 1.82) is 0 Å². The van der Waals surface area contributed by atoms with E-state index in [1.165, 1.54) is 19.2 Å². The Labute approximate surface area is 168 Å². The Morgan fingerprint density at radius 3 is 2.55 bits per heavy atom. The van der Waals surface area contributed by atoms with Crippen molar-refractivity contribution in [2.45, 2.75) is 39.7 Å². The normalized spacial score (nSPS) is 10.9. The summed E-state index contributed by atoms with van der Waals surface area (Å²) in [5.41, 5.74) is 2.32. The van der Waals surface area contributed by atoms with Crippen LogP contribution >= 0.6 is 0 Å². The summed E-state index contributed by atoms with van der Waals surface area (Å²) in [6.45, 7) is 4.01. The van der Waals surface area contributed by atoms with Crippen LogP contribution in [-0.2, 0) is 13.0 Å². The van der Waals surface area contributed by atoms with E-state index in [1.54, 1.807) is 12.1 Å². The zero-order chi connectivity index (χ0) is 21.0. The van der Waals surface area contributed by atoms with Crippen LogP contribution in [0.4, 0.5) is 5.69 Å². The molecule has 0 N–H and O–H groups in total. The molecule has 152 valence electrons. The summed E-state index contributed by atoms with van der Waals surface area (Å²) in [6, 6.07) is 9.62. The summed E-state index contributed by atoms with van der Waals surface area (Å²) in [5, 5.41) is 11.9. The third kappa shape index (κ3) is 4.39. The molecule has 0 aliphatic heterocycles. The average molecular weight is 397 g/mol. The number of ether oxygens (including phenoxy) is 2. The third-order valence-corrected chi connectivity index (χ3v) is 4.85. The summed E-state index contributed by atoms with van der Waals surface area (Å²) >= 11 is 0. The Hall–Kier alpha value is -3.35. The number of benzene rings is 2. The zero-order valence-corrected chi connectivity index (χ0v) is 16.7. The molecule has 1 heterocycles. The Balaban J connectivity index is 1.94. The van der Waals surface area contributed by atoms with E-state index in [-0.39, 0.29) is 17.9 Å². The van der Waals surface area contributed by atoms with Crippen molar-refractivity contribution < 1.29 is 18.8 Å². The predicted molar refractivity (Wildman–Crippen MR) is 110 cm³/mol. The molecule has 3 rings (SSSR count). The monoisotopic (exact) mass is 397 g/mol. The summed E-state index contributed by atoms with van der Waals surface area (Å²) in [6.07, 6.45) is 2.83. The molecule has 3 aromatic rings. The number of nitrogens with zero attached hydrogens (tertiary/aromatic N) is 1. The second-order valence-electron chi connectivity index (χ2n) is 6.80. The van der Waals surface area contributed by atoms with Gasteiger partial charge in [0.15, 0.2) is 0 Å². The van der Waals surface area contributed by atoms with Gasteiger partial charge in [0.1, 0.15) is 23.7 Å². The number of unbranched alkanes of at least 4 members (excludes halogenated alkanes) is 1. The van der Waals surface area contributed by atoms with Gasteiger partial charge in [-0.15, -0.1) is 0 Å². The highest BCUT2D eigenvalue weighted by atomic mass is 16.6. The van der Waals surface area contributed by atoms with Crippen molar-refractivity contribution in [3.8, 4) is 11.5 Å². The molecule has 0 amide bonds. The summed E-state index contributed by atoms with van der Waals surface area (Å²) in [4.78, 5) is 22.6. The Morgan fingerprint density at radius 2 is 1.86 bits per heavy atom. The molecule has 7 heteroatoms. The van der Waals surface area contributed by atoms with E-state index in [0.29, 0.717) is 28.2 Å². The van der Waals surface area contributed by atoms with Crippen molar-refractivity contribution in [3.63, 3.8) is 0 Å². The minimum Gasteiger partial charge on any atom is -0.496 e. The topological polar surface area (TPSA) is 91.8 Å². The third-order valence-electron chi connectivity index (χ3n) is 4.85. The number of non-ortho nitro benzene ring substituents is 1. The molecular formula is C22H23NO6. The Morgan fingerprint density at radius 1 is 1.10 bits per heavy atom. The number of hydrogen-bond acceptors (Lipinski definition) is 6. The maximum Gasteiger partial charge on any atom is 0.336 e. The predicted octanol–water partition coefficient (Wildman–Crippen LogP) is 4.94. The molecule has 1 aromatic heterocycles. The van der Waals surface area contributed by atoms with Crippen LogP contribution in [0.15, 0.2) is 45.6 Å². The van der Waals surface area contributed by atoms with E-state index in [0.717, 1.165) is 30.2 Å². The first-order chi connectivity index (χ1) is 13.9. The zero-order valence-electron chi connectivity index (χ0n) is 16.7. The molecule has 0 saturated heterocycles. The highest BCUT2D eigenvalue weighted by Gasteiger charge is 2.15. The standard InChI is InChI=1S/C22H23NO6/c1-4-5-6-15-12-21(24)29-22-14(2)19(10-8-18(15)22)28-13-16-11-17(23(25)26)7-9-20(16)27-3/h7-12H,4-6,13H2,1-3H3. The van der Waals surface area contributed by atoms with Crippen LogP contribution < -0.4 is 15.1 Å². The van der Waals surface area contributed by atoms with Gasteiger partial charge in [-0.3, -0.25) is 10.1 Å². The fourth-order valence-electron chi connectivity index (χ4n) is 3.29. The van der Waals surface area contributed by atoms with E-state index in [9.17, 15) is 14.9 Å². The summed E-state index contributed by atoms with van der Waals surface area (Å²) < 4.78 is 16.6. The number of rotatable bonds is 8. The van der Waals surface area contributed by atoms with Crippen molar-refractivity contribution in [2.24, 2.45) is 0 Å². The van der Waals surface area contributed by atoms with Crippen molar-refractivity contribution in [2.75, 3.05) is 7.11 Å². The fraction of sp³-hybridized carbons (Fsp3) is 0.318. The van der Waals surface area contributed by atoms with E-state index in [4.69, 9.17) is 13.9 Å². The number of hydrogen-bond donors (Lipinski definition) is 0. The lowest BCUT2D eigenvalue weighted by Gasteiger charge is -2.14. The lowest BCUT2D eigenvalue weighted by molar-refractivity contribution is -0.385. The van der Waals surface area contributed by atoms with Gasteiger partial charge in [-0.1, -0.05) is 13.3 Å². The molecule has 0 fully saturated rings. The number of methoxy groups -OCH3 is 1. The molecule has 0 atom stereocenters. The molecule has 0 radical (unpaired) electrons. The van der Waals surface area contributed by atoms with Crippen LogP contribution in [0, 0.1) is 17.0 Å². The van der Waals surface area contributed by atoms with E-state index < -0.39 is 4.92 Å². The minimum atomic E-state index is -0.462. The molecule has 0 bridgehead atoms. The largest absolute Gasteiger partial charge is 0.496 e. The van der Waals surface area contributed by atoms with Gasteiger partial charge in [0.2, 0.25) is 0 Å². The van der Waals surface area contributed by atoms with E-state index in [2.05, 4.69) is 6.92 Å². The molecule has 2 aromatic carbocycles. The highest BCUT2D eigenvalue weighted by Crippen LogP contribution is 2.31. The molecule has 29 heavy (non-hydrogen) atoms. The summed E-state index contributed by atoms with van der Waals surface area (Å²) in [5.74, 6) is 1.05. The molecule has 0 spiro atoms. The first-order valence-electron chi connectivity index (χ1n) is 9.45. The van der Waals surface area contributed by atoms with Crippen LogP contribution in [0.3, 0.4) is 0 Å². The molecule has 0 aliphatic rings. The minimum absolute atomic E-state index is 0.0359. The number of nitro groups is 1. The van der Waals surface area contributed by atoms with Crippen LogP contribution in [0.2, 0.25) is 0 Å². The second kappa shape index (κ2) is 8.77. The van der Waals surface area contributed by atoms with Crippen molar-refractivity contribution in [1.82, 2.24) is 0 Å². The Bertz CT molecular complexity index is 1100. The van der Waals surface area contributed by atoms with Gasteiger partial charge in [0.05, 0.1) is 12.0 Å². The number of nitro benzene ring substituents is 1. The molecule has 0 unspecified atom stereocenters. The molecular weight excluding hydrogens is 374 g/mol. The maximum atomic E-state index is 12.0. The fourth-order valence-corrected chi connectivity index (χ4v) is 3.29. The lowest BCUT2D eigenvalue weighted by Crippen LogP contribution is -2.04. The Kier molecular flexibility index (Phi) is 6.16. The van der Waals surface area contributed by atoms with Gasteiger partial charge in [-0.25, -0.2) is 4.79 Å². The SMILES string of the molecule is CCCCc1cc(=O)oc2c(C)c(OCc3cc([N+](=O)[O-])ccc3OC)ccc12. The van der Waals surface area contributed by atoms with Crippen molar-refractivity contribution >= 4 is 16.7 Å². The van der Waals surface area contributed by atoms with E-state index in [1.807, 2.05) is 19.1 Å². The average Bonchev–Trinajstić information content (AvgIpc) is 2.71. The first-order valence-corrected chi connectivity index (χ1v) is 9.45. The smallest absolute Gasteiger partial charge is 0.336 e. The van der Waals surface area contributed by atoms with Gasteiger partial charge >= 0.3 is 5.63 Å². The lowest BCUT2D eigenvalue weighted by atomic mass is 10.0. The number of fused-ring (bicyclic) bond motifs is 1. The highest BCUT2D eigenvalue weighted by molar-refractivity contribution is 5.85. The van der Waals surface area contributed by atoms with Gasteiger partial charge in [-0.05, 0) is 43.5 Å². The van der Waals surface area contributed by atoms with E-state index >= 15 is 0 Å².